The van der Waals surface area contributed by atoms with Crippen molar-refractivity contribution in [1.29, 1.82) is 0 Å². The van der Waals surface area contributed by atoms with E-state index in [1.54, 1.807) is 11.6 Å². The minimum absolute atomic E-state index is 0.491. The van der Waals surface area contributed by atoms with E-state index in [-0.39, 0.29) is 0 Å². The second kappa shape index (κ2) is 9.22. The number of nitrogens with zero attached hydrogens (tertiary/aromatic N) is 3. The number of aromatic nitrogens is 3. The van der Waals surface area contributed by atoms with Gasteiger partial charge in [0.05, 0.1) is 42.5 Å². The molecule has 0 aliphatic rings. The molecule has 3 rings (SSSR count). The van der Waals surface area contributed by atoms with E-state index in [0.29, 0.717) is 36.5 Å². The highest BCUT2D eigenvalue weighted by molar-refractivity contribution is 7.87. The molecule has 2 aromatic heterocycles. The van der Waals surface area contributed by atoms with Crippen LogP contribution in [-0.2, 0) is 20.3 Å². The van der Waals surface area contributed by atoms with Crippen molar-refractivity contribution in [1.82, 2.24) is 14.6 Å². The third kappa shape index (κ3) is 4.67. The number of ether oxygens (including phenoxy) is 3. The second-order valence-corrected chi connectivity index (χ2v) is 8.20. The summed E-state index contributed by atoms with van der Waals surface area (Å²) in [6.45, 7) is 4.04. The zero-order valence-electron chi connectivity index (χ0n) is 14.7. The van der Waals surface area contributed by atoms with E-state index >= 15 is 0 Å². The van der Waals surface area contributed by atoms with E-state index in [1.165, 1.54) is 11.3 Å². The topological polar surface area (TPSA) is 75.0 Å². The lowest BCUT2D eigenvalue weighted by molar-refractivity contribution is 0.0544. The predicted octanol–water partition coefficient (Wildman–Crippen LogP) is 2.63. The number of rotatable bonds is 10. The summed E-state index contributed by atoms with van der Waals surface area (Å²) >= 11 is 1.36. The van der Waals surface area contributed by atoms with Gasteiger partial charge in [-0.15, -0.1) is 5.10 Å². The third-order valence-corrected chi connectivity index (χ3v) is 6.08. The zero-order valence-corrected chi connectivity index (χ0v) is 16.3. The minimum Gasteiger partial charge on any atom is -0.491 e. The van der Waals surface area contributed by atoms with Gasteiger partial charge in [0.2, 0.25) is 9.30 Å². The molecule has 1 atom stereocenters. The average Bonchev–Trinajstić information content (AvgIpc) is 3.23. The van der Waals surface area contributed by atoms with Crippen molar-refractivity contribution in [2.24, 2.45) is 0 Å². The summed E-state index contributed by atoms with van der Waals surface area (Å²) in [4.78, 5) is 5.31. The first kappa shape index (κ1) is 19.0. The van der Waals surface area contributed by atoms with Crippen LogP contribution in [0.1, 0.15) is 6.92 Å². The fourth-order valence-corrected chi connectivity index (χ4v) is 4.21. The summed E-state index contributed by atoms with van der Waals surface area (Å²) in [5, 5.41) is 4.34. The fourth-order valence-electron chi connectivity index (χ4n) is 2.22. The maximum Gasteiger partial charge on any atom is 0.213 e. The molecule has 0 spiro atoms. The molecule has 0 saturated carbocycles. The molecule has 0 aliphatic heterocycles. The Morgan fingerprint density at radius 2 is 1.92 bits per heavy atom. The molecule has 7 nitrogen and oxygen atoms in total. The molecule has 2 heterocycles. The van der Waals surface area contributed by atoms with Crippen molar-refractivity contribution >= 4 is 27.1 Å². The standard InChI is InChI=1S/C17H21N3O4S2/c1-3-26(21)17-19-20-12-15(18-16(20)25-17)13-4-6-14(7-5-13)24-11-10-23-9-8-22-2/h4-7,12H,3,8-11H2,1-2H3. The van der Waals surface area contributed by atoms with Crippen LogP contribution in [0.3, 0.4) is 0 Å². The molecular formula is C17H21N3O4S2. The Morgan fingerprint density at radius 1 is 1.15 bits per heavy atom. The molecule has 0 aliphatic carbocycles. The van der Waals surface area contributed by atoms with Crippen molar-refractivity contribution in [3.8, 4) is 17.0 Å². The molecule has 26 heavy (non-hydrogen) atoms. The first-order chi connectivity index (χ1) is 12.7. The summed E-state index contributed by atoms with van der Waals surface area (Å²) in [7, 11) is 0.596. The van der Waals surface area contributed by atoms with Crippen LogP contribution in [0.5, 0.6) is 5.75 Å². The molecule has 0 fully saturated rings. The number of benzene rings is 1. The summed E-state index contributed by atoms with van der Waals surface area (Å²) < 4.78 is 30.0. The Balaban J connectivity index is 1.58. The molecule has 3 aromatic rings. The number of hydrogen-bond donors (Lipinski definition) is 0. The van der Waals surface area contributed by atoms with Crippen LogP contribution in [-0.4, -0.2) is 58.1 Å². The van der Waals surface area contributed by atoms with Gasteiger partial charge in [0, 0.05) is 18.4 Å². The molecule has 1 aromatic carbocycles. The normalized spacial score (nSPS) is 12.5. The number of fused-ring (bicyclic) bond motifs is 1. The lowest BCUT2D eigenvalue weighted by Gasteiger charge is -2.07. The first-order valence-electron chi connectivity index (χ1n) is 8.25. The summed E-state index contributed by atoms with van der Waals surface area (Å²) in [6, 6.07) is 7.73. The smallest absolute Gasteiger partial charge is 0.213 e. The molecule has 140 valence electrons. The van der Waals surface area contributed by atoms with Crippen LogP contribution >= 0.6 is 11.3 Å². The van der Waals surface area contributed by atoms with Gasteiger partial charge in [0.25, 0.3) is 0 Å². The van der Waals surface area contributed by atoms with Crippen molar-refractivity contribution in [3.63, 3.8) is 0 Å². The zero-order chi connectivity index (χ0) is 18.4. The van der Waals surface area contributed by atoms with Gasteiger partial charge in [0.1, 0.15) is 12.4 Å². The Morgan fingerprint density at radius 3 is 2.62 bits per heavy atom. The fraction of sp³-hybridized carbons (Fsp3) is 0.412. The SMILES string of the molecule is CCS(=O)c1nn2cc(-c3ccc(OCCOCCOC)cc3)nc2s1. The Bertz CT molecular complexity index is 829. The Labute approximate surface area is 158 Å². The molecule has 0 radical (unpaired) electrons. The quantitative estimate of drug-likeness (QED) is 0.491. The highest BCUT2D eigenvalue weighted by Crippen LogP contribution is 2.25. The summed E-state index contributed by atoms with van der Waals surface area (Å²) in [5.41, 5.74) is 1.80. The lowest BCUT2D eigenvalue weighted by atomic mass is 10.2. The molecule has 0 saturated heterocycles. The molecule has 0 N–H and O–H groups in total. The van der Waals surface area contributed by atoms with Crippen molar-refractivity contribution in [2.45, 2.75) is 11.3 Å². The second-order valence-electron chi connectivity index (χ2n) is 5.33. The van der Waals surface area contributed by atoms with E-state index in [0.717, 1.165) is 22.0 Å². The number of imidazole rings is 1. The van der Waals surface area contributed by atoms with Gasteiger partial charge in [-0.3, -0.25) is 4.21 Å². The van der Waals surface area contributed by atoms with Gasteiger partial charge in [-0.05, 0) is 24.3 Å². The number of methoxy groups -OCH3 is 1. The Kier molecular flexibility index (Phi) is 6.73. The van der Waals surface area contributed by atoms with E-state index in [4.69, 9.17) is 14.2 Å². The van der Waals surface area contributed by atoms with Crippen LogP contribution in [0, 0.1) is 0 Å². The first-order valence-corrected chi connectivity index (χ1v) is 10.4. The summed E-state index contributed by atoms with van der Waals surface area (Å²) in [5.74, 6) is 1.34. The van der Waals surface area contributed by atoms with Crippen molar-refractivity contribution in [3.05, 3.63) is 30.5 Å². The van der Waals surface area contributed by atoms with Crippen LogP contribution in [0.4, 0.5) is 0 Å². The van der Waals surface area contributed by atoms with Gasteiger partial charge >= 0.3 is 0 Å². The van der Waals surface area contributed by atoms with E-state index in [1.807, 2.05) is 37.4 Å². The molecular weight excluding hydrogens is 374 g/mol. The average molecular weight is 396 g/mol. The minimum atomic E-state index is -1.05. The van der Waals surface area contributed by atoms with Crippen LogP contribution in [0.2, 0.25) is 0 Å². The van der Waals surface area contributed by atoms with Gasteiger partial charge < -0.3 is 14.2 Å². The van der Waals surface area contributed by atoms with Gasteiger partial charge in [-0.25, -0.2) is 9.50 Å². The Hall–Kier alpha value is -1.81. The van der Waals surface area contributed by atoms with Gasteiger partial charge in [0.15, 0.2) is 0 Å². The van der Waals surface area contributed by atoms with Crippen LogP contribution in [0.25, 0.3) is 16.2 Å². The highest BCUT2D eigenvalue weighted by Gasteiger charge is 2.13. The predicted molar refractivity (Wildman–Crippen MR) is 101 cm³/mol. The number of hydrogen-bond acceptors (Lipinski definition) is 7. The van der Waals surface area contributed by atoms with E-state index < -0.39 is 10.8 Å². The maximum absolute atomic E-state index is 11.8. The largest absolute Gasteiger partial charge is 0.491 e. The molecule has 0 bridgehead atoms. The lowest BCUT2D eigenvalue weighted by Crippen LogP contribution is -2.09. The molecule has 1 unspecified atom stereocenters. The van der Waals surface area contributed by atoms with Gasteiger partial charge in [-0.1, -0.05) is 18.3 Å². The highest BCUT2D eigenvalue weighted by atomic mass is 32.2. The van der Waals surface area contributed by atoms with Gasteiger partial charge in [-0.2, -0.15) is 0 Å². The monoisotopic (exact) mass is 395 g/mol. The van der Waals surface area contributed by atoms with Crippen LogP contribution < -0.4 is 4.74 Å². The third-order valence-electron chi connectivity index (χ3n) is 3.56. The van der Waals surface area contributed by atoms with E-state index in [2.05, 4.69) is 10.1 Å². The maximum atomic E-state index is 11.8. The van der Waals surface area contributed by atoms with E-state index in [9.17, 15) is 4.21 Å². The van der Waals surface area contributed by atoms with Crippen LogP contribution in [0.15, 0.2) is 34.8 Å². The molecule has 0 amide bonds. The summed E-state index contributed by atoms with van der Waals surface area (Å²) in [6.07, 6.45) is 1.85. The molecule has 9 heteroatoms. The van der Waals surface area contributed by atoms with Crippen molar-refractivity contribution < 1.29 is 18.4 Å². The van der Waals surface area contributed by atoms with Crippen molar-refractivity contribution in [2.75, 3.05) is 39.3 Å².